The third-order valence-corrected chi connectivity index (χ3v) is 3.16. The standard InChI is InChI=1S/C16H28N2/c1-13(2)18(6)12-15-9-7-14(8-10-15)11-17-16(3,4)5/h7-10,13,17H,11-12H2,1-6H3. The molecule has 0 aliphatic heterocycles. The zero-order valence-electron chi connectivity index (χ0n) is 12.7. The van der Waals surface area contributed by atoms with Crippen LogP contribution in [0.3, 0.4) is 0 Å². The molecule has 0 fully saturated rings. The zero-order chi connectivity index (χ0) is 13.8. The van der Waals surface area contributed by atoms with E-state index in [1.54, 1.807) is 0 Å². The number of nitrogens with one attached hydrogen (secondary N) is 1. The number of rotatable bonds is 5. The number of nitrogens with zero attached hydrogens (tertiary/aromatic N) is 1. The summed E-state index contributed by atoms with van der Waals surface area (Å²) < 4.78 is 0. The monoisotopic (exact) mass is 248 g/mol. The van der Waals surface area contributed by atoms with E-state index in [-0.39, 0.29) is 5.54 Å². The molecule has 2 nitrogen and oxygen atoms in total. The molecule has 0 heterocycles. The second kappa shape index (κ2) is 6.35. The average molecular weight is 248 g/mol. The van der Waals surface area contributed by atoms with Gasteiger partial charge in [0.25, 0.3) is 0 Å². The molecule has 0 spiro atoms. The zero-order valence-corrected chi connectivity index (χ0v) is 12.7. The predicted molar refractivity (Wildman–Crippen MR) is 79.6 cm³/mol. The van der Waals surface area contributed by atoms with E-state index in [0.717, 1.165) is 13.1 Å². The maximum atomic E-state index is 3.51. The molecule has 1 aromatic carbocycles. The Labute approximate surface area is 112 Å². The van der Waals surface area contributed by atoms with E-state index in [1.165, 1.54) is 11.1 Å². The summed E-state index contributed by atoms with van der Waals surface area (Å²) in [6.07, 6.45) is 0. The van der Waals surface area contributed by atoms with E-state index in [2.05, 4.69) is 76.1 Å². The molecule has 0 bridgehead atoms. The van der Waals surface area contributed by atoms with Crippen LogP contribution in [0.2, 0.25) is 0 Å². The van der Waals surface area contributed by atoms with Crippen LogP contribution in [0.4, 0.5) is 0 Å². The highest BCUT2D eigenvalue weighted by molar-refractivity contribution is 5.22. The highest BCUT2D eigenvalue weighted by Crippen LogP contribution is 2.09. The lowest BCUT2D eigenvalue weighted by atomic mass is 10.1. The van der Waals surface area contributed by atoms with Crippen molar-refractivity contribution >= 4 is 0 Å². The van der Waals surface area contributed by atoms with E-state index < -0.39 is 0 Å². The first-order chi connectivity index (χ1) is 8.28. The molecule has 102 valence electrons. The fourth-order valence-electron chi connectivity index (χ4n) is 1.60. The van der Waals surface area contributed by atoms with Crippen molar-refractivity contribution in [3.8, 4) is 0 Å². The molecule has 1 rings (SSSR count). The fraction of sp³-hybridized carbons (Fsp3) is 0.625. The van der Waals surface area contributed by atoms with Gasteiger partial charge >= 0.3 is 0 Å². The minimum absolute atomic E-state index is 0.177. The fourth-order valence-corrected chi connectivity index (χ4v) is 1.60. The van der Waals surface area contributed by atoms with E-state index in [4.69, 9.17) is 0 Å². The second-order valence-electron chi connectivity index (χ2n) is 6.43. The SMILES string of the molecule is CC(C)N(C)Cc1ccc(CNC(C)(C)C)cc1. The second-order valence-corrected chi connectivity index (χ2v) is 6.43. The summed E-state index contributed by atoms with van der Waals surface area (Å²) in [7, 11) is 2.17. The number of benzene rings is 1. The van der Waals surface area contributed by atoms with Crippen LogP contribution in [0.15, 0.2) is 24.3 Å². The molecule has 1 N–H and O–H groups in total. The molecule has 0 saturated carbocycles. The maximum absolute atomic E-state index is 3.51. The molecule has 0 saturated heterocycles. The predicted octanol–water partition coefficient (Wildman–Crippen LogP) is 3.41. The van der Waals surface area contributed by atoms with Crippen LogP contribution in [0, 0.1) is 0 Å². The summed E-state index contributed by atoms with van der Waals surface area (Å²) in [6.45, 7) is 13.0. The van der Waals surface area contributed by atoms with Gasteiger partial charge in [-0.3, -0.25) is 4.90 Å². The lowest BCUT2D eigenvalue weighted by Crippen LogP contribution is -2.35. The van der Waals surface area contributed by atoms with Gasteiger partial charge in [0.2, 0.25) is 0 Å². The highest BCUT2D eigenvalue weighted by atomic mass is 15.1. The van der Waals surface area contributed by atoms with Crippen LogP contribution in [0.1, 0.15) is 45.7 Å². The summed E-state index contributed by atoms with van der Waals surface area (Å²) >= 11 is 0. The molecule has 1 aromatic rings. The van der Waals surface area contributed by atoms with Crippen molar-refractivity contribution in [1.82, 2.24) is 10.2 Å². The minimum Gasteiger partial charge on any atom is -0.308 e. The molecule has 2 heteroatoms. The van der Waals surface area contributed by atoms with E-state index >= 15 is 0 Å². The molecular formula is C16H28N2. The van der Waals surface area contributed by atoms with Crippen molar-refractivity contribution in [2.45, 2.75) is 59.3 Å². The summed E-state index contributed by atoms with van der Waals surface area (Å²) in [4.78, 5) is 2.35. The number of hydrogen-bond donors (Lipinski definition) is 1. The lowest BCUT2D eigenvalue weighted by molar-refractivity contribution is 0.266. The van der Waals surface area contributed by atoms with Gasteiger partial charge in [-0.2, -0.15) is 0 Å². The largest absolute Gasteiger partial charge is 0.308 e. The van der Waals surface area contributed by atoms with Crippen LogP contribution in [0.25, 0.3) is 0 Å². The van der Waals surface area contributed by atoms with Crippen LogP contribution >= 0.6 is 0 Å². The van der Waals surface area contributed by atoms with Crippen molar-refractivity contribution in [3.63, 3.8) is 0 Å². The van der Waals surface area contributed by atoms with Gasteiger partial charge in [0, 0.05) is 24.7 Å². The molecule has 0 amide bonds. The molecule has 0 radical (unpaired) electrons. The summed E-state index contributed by atoms with van der Waals surface area (Å²) in [6, 6.07) is 9.51. The molecule has 0 aliphatic carbocycles. The van der Waals surface area contributed by atoms with Gasteiger partial charge in [-0.05, 0) is 52.8 Å². The van der Waals surface area contributed by atoms with Gasteiger partial charge in [0.15, 0.2) is 0 Å². The van der Waals surface area contributed by atoms with E-state index in [1.807, 2.05) is 0 Å². The minimum atomic E-state index is 0.177. The van der Waals surface area contributed by atoms with Crippen LogP contribution in [0.5, 0.6) is 0 Å². The van der Waals surface area contributed by atoms with Crippen molar-refractivity contribution in [3.05, 3.63) is 35.4 Å². The topological polar surface area (TPSA) is 15.3 Å². The number of hydrogen-bond acceptors (Lipinski definition) is 2. The normalized spacial score (nSPS) is 12.4. The Bertz CT molecular complexity index is 346. The summed E-state index contributed by atoms with van der Waals surface area (Å²) in [5, 5.41) is 3.51. The van der Waals surface area contributed by atoms with Gasteiger partial charge in [0.05, 0.1) is 0 Å². The summed E-state index contributed by atoms with van der Waals surface area (Å²) in [5.74, 6) is 0. The molecular weight excluding hydrogens is 220 g/mol. The Kier molecular flexibility index (Phi) is 5.36. The van der Waals surface area contributed by atoms with Crippen LogP contribution in [-0.4, -0.2) is 23.5 Å². The Morgan fingerprint density at radius 3 is 2.00 bits per heavy atom. The quantitative estimate of drug-likeness (QED) is 0.859. The first-order valence-electron chi connectivity index (χ1n) is 6.81. The van der Waals surface area contributed by atoms with Gasteiger partial charge < -0.3 is 5.32 Å². The van der Waals surface area contributed by atoms with Crippen molar-refractivity contribution in [2.75, 3.05) is 7.05 Å². The third kappa shape index (κ3) is 5.65. The summed E-state index contributed by atoms with van der Waals surface area (Å²) in [5.41, 5.74) is 2.91. The van der Waals surface area contributed by atoms with Crippen molar-refractivity contribution < 1.29 is 0 Å². The molecule has 0 unspecified atom stereocenters. The van der Waals surface area contributed by atoms with Gasteiger partial charge in [0.1, 0.15) is 0 Å². The molecule has 18 heavy (non-hydrogen) atoms. The maximum Gasteiger partial charge on any atom is 0.0233 e. The van der Waals surface area contributed by atoms with E-state index in [9.17, 15) is 0 Å². The van der Waals surface area contributed by atoms with E-state index in [0.29, 0.717) is 6.04 Å². The highest BCUT2D eigenvalue weighted by Gasteiger charge is 2.08. The Balaban J connectivity index is 2.52. The van der Waals surface area contributed by atoms with Crippen LogP contribution in [-0.2, 0) is 13.1 Å². The van der Waals surface area contributed by atoms with Crippen molar-refractivity contribution in [1.29, 1.82) is 0 Å². The van der Waals surface area contributed by atoms with Gasteiger partial charge in [-0.15, -0.1) is 0 Å². The lowest BCUT2D eigenvalue weighted by Gasteiger charge is -2.22. The Morgan fingerprint density at radius 1 is 1.06 bits per heavy atom. The molecule has 0 aliphatic rings. The first kappa shape index (κ1) is 15.2. The third-order valence-electron chi connectivity index (χ3n) is 3.16. The first-order valence-corrected chi connectivity index (χ1v) is 6.81. The molecule has 0 aromatic heterocycles. The van der Waals surface area contributed by atoms with Gasteiger partial charge in [-0.1, -0.05) is 24.3 Å². The smallest absolute Gasteiger partial charge is 0.0233 e. The Morgan fingerprint density at radius 2 is 1.56 bits per heavy atom. The van der Waals surface area contributed by atoms with Crippen LogP contribution < -0.4 is 5.32 Å². The average Bonchev–Trinajstić information content (AvgIpc) is 2.27. The molecule has 0 atom stereocenters. The van der Waals surface area contributed by atoms with Gasteiger partial charge in [-0.25, -0.2) is 0 Å². The Hall–Kier alpha value is -0.860. The van der Waals surface area contributed by atoms with Crippen molar-refractivity contribution in [2.24, 2.45) is 0 Å².